The molecule has 0 atom stereocenters. The van der Waals surface area contributed by atoms with Gasteiger partial charge in [-0.25, -0.2) is 0 Å². The maximum Gasteiger partial charge on any atom is 0.573 e. The van der Waals surface area contributed by atoms with Crippen LogP contribution in [0, 0.1) is 0 Å². The molecule has 0 saturated carbocycles. The van der Waals surface area contributed by atoms with Crippen LogP contribution in [0.15, 0.2) is 23.8 Å². The average molecular weight is 288 g/mol. The Labute approximate surface area is 117 Å². The van der Waals surface area contributed by atoms with E-state index in [0.29, 0.717) is 12.4 Å². The molecule has 0 N–H and O–H groups in total. The van der Waals surface area contributed by atoms with Crippen molar-refractivity contribution in [3.63, 3.8) is 0 Å². The Morgan fingerprint density at radius 3 is 2.55 bits per heavy atom. The number of hydrogen-bond acceptors (Lipinski definition) is 2. The Balaban J connectivity index is 0.000000956. The fourth-order valence-electron chi connectivity index (χ4n) is 1.85. The van der Waals surface area contributed by atoms with Crippen molar-refractivity contribution < 1.29 is 22.6 Å². The van der Waals surface area contributed by atoms with Crippen molar-refractivity contribution in [3.05, 3.63) is 29.3 Å². The van der Waals surface area contributed by atoms with E-state index in [9.17, 15) is 13.2 Å². The van der Waals surface area contributed by atoms with Gasteiger partial charge in [0.2, 0.25) is 0 Å². The average Bonchev–Trinajstić information content (AvgIpc) is 2.40. The zero-order valence-corrected chi connectivity index (χ0v) is 11.9. The van der Waals surface area contributed by atoms with Crippen LogP contribution in [-0.4, -0.2) is 13.0 Å². The number of fused-ring (bicyclic) bond motifs is 1. The maximum absolute atomic E-state index is 12.1. The van der Waals surface area contributed by atoms with E-state index in [1.165, 1.54) is 12.1 Å². The van der Waals surface area contributed by atoms with Gasteiger partial charge in [0.1, 0.15) is 18.1 Å². The van der Waals surface area contributed by atoms with E-state index in [1.807, 2.05) is 19.9 Å². The lowest BCUT2D eigenvalue weighted by Crippen LogP contribution is -2.17. The van der Waals surface area contributed by atoms with Gasteiger partial charge >= 0.3 is 6.36 Å². The van der Waals surface area contributed by atoms with Crippen LogP contribution in [0.5, 0.6) is 11.5 Å². The summed E-state index contributed by atoms with van der Waals surface area (Å²) < 4.78 is 45.5. The zero-order valence-electron chi connectivity index (χ0n) is 11.9. The monoisotopic (exact) mass is 288 g/mol. The molecule has 0 unspecified atom stereocenters. The molecule has 0 bridgehead atoms. The van der Waals surface area contributed by atoms with Crippen LogP contribution in [0.25, 0.3) is 6.08 Å². The van der Waals surface area contributed by atoms with E-state index in [0.717, 1.165) is 24.0 Å². The Morgan fingerprint density at radius 1 is 1.25 bits per heavy atom. The van der Waals surface area contributed by atoms with Crippen LogP contribution in [0.2, 0.25) is 0 Å². The minimum atomic E-state index is -4.67. The van der Waals surface area contributed by atoms with Crippen LogP contribution in [0.1, 0.15) is 39.2 Å². The number of ether oxygens (including phenoxy) is 2. The lowest BCUT2D eigenvalue weighted by molar-refractivity contribution is -0.274. The third kappa shape index (κ3) is 4.79. The highest BCUT2D eigenvalue weighted by molar-refractivity contribution is 5.63. The van der Waals surface area contributed by atoms with Crippen molar-refractivity contribution in [1.82, 2.24) is 0 Å². The van der Waals surface area contributed by atoms with Crippen molar-refractivity contribution in [3.8, 4) is 11.5 Å². The van der Waals surface area contributed by atoms with Gasteiger partial charge in [-0.1, -0.05) is 27.2 Å². The molecule has 2 nitrogen and oxygen atoms in total. The molecule has 0 saturated heterocycles. The molecule has 1 heterocycles. The molecule has 2 rings (SSSR count). The molecule has 0 fully saturated rings. The highest BCUT2D eigenvalue weighted by Crippen LogP contribution is 2.33. The Kier molecular flexibility index (Phi) is 5.92. The largest absolute Gasteiger partial charge is 0.573 e. The fraction of sp³-hybridized carbons (Fsp3) is 0.467. The van der Waals surface area contributed by atoms with E-state index in [-0.39, 0.29) is 5.75 Å². The lowest BCUT2D eigenvalue weighted by atomic mass is 10.0. The minimum absolute atomic E-state index is 0.256. The van der Waals surface area contributed by atoms with Crippen molar-refractivity contribution >= 4 is 6.08 Å². The fourth-order valence-corrected chi connectivity index (χ4v) is 1.85. The van der Waals surface area contributed by atoms with Crippen LogP contribution in [0.3, 0.4) is 0 Å². The van der Waals surface area contributed by atoms with Crippen molar-refractivity contribution in [2.45, 2.75) is 40.0 Å². The molecule has 1 aliphatic rings. The first-order valence-electron chi connectivity index (χ1n) is 6.70. The van der Waals surface area contributed by atoms with Crippen LogP contribution in [0.4, 0.5) is 13.2 Å². The molecular weight excluding hydrogens is 269 g/mol. The Bertz CT molecular complexity index is 465. The molecule has 1 aromatic carbocycles. The highest BCUT2D eigenvalue weighted by atomic mass is 19.4. The number of hydrogen-bond donors (Lipinski definition) is 0. The normalized spacial score (nSPS) is 13.4. The first-order chi connectivity index (χ1) is 9.48. The zero-order chi connectivity index (χ0) is 15.2. The van der Waals surface area contributed by atoms with E-state index in [4.69, 9.17) is 4.74 Å². The number of benzene rings is 1. The van der Waals surface area contributed by atoms with Gasteiger partial charge in [-0.15, -0.1) is 13.2 Å². The summed E-state index contributed by atoms with van der Waals surface area (Å²) in [6.45, 7) is 6.49. The van der Waals surface area contributed by atoms with Crippen LogP contribution < -0.4 is 9.47 Å². The summed E-state index contributed by atoms with van der Waals surface area (Å²) >= 11 is 0. The predicted octanol–water partition coefficient (Wildman–Crippen LogP) is 5.19. The molecule has 1 aromatic rings. The SMILES string of the molecule is CC.CCCC1=Cc2ccc(OC(F)(F)F)cc2OC1. The molecule has 1 aliphatic heterocycles. The lowest BCUT2D eigenvalue weighted by Gasteiger charge is -2.19. The van der Waals surface area contributed by atoms with Gasteiger partial charge in [0.05, 0.1) is 0 Å². The quantitative estimate of drug-likeness (QED) is 0.762. The van der Waals surface area contributed by atoms with Gasteiger partial charge in [-0.2, -0.15) is 0 Å². The minimum Gasteiger partial charge on any atom is -0.488 e. The molecule has 0 spiro atoms. The second-order valence-corrected chi connectivity index (χ2v) is 4.09. The van der Waals surface area contributed by atoms with Gasteiger partial charge in [-0.3, -0.25) is 0 Å². The molecular formula is C15H19F3O2. The molecule has 0 radical (unpaired) electrons. The van der Waals surface area contributed by atoms with Crippen LogP contribution >= 0.6 is 0 Å². The van der Waals surface area contributed by atoms with Gasteiger partial charge in [-0.05, 0) is 30.2 Å². The van der Waals surface area contributed by atoms with Gasteiger partial charge in [0, 0.05) is 11.6 Å². The van der Waals surface area contributed by atoms with E-state index < -0.39 is 6.36 Å². The number of alkyl halides is 3. The van der Waals surface area contributed by atoms with E-state index in [2.05, 4.69) is 11.7 Å². The maximum atomic E-state index is 12.1. The summed E-state index contributed by atoms with van der Waals surface area (Å²) in [6.07, 6.45) is -0.772. The molecule has 0 aliphatic carbocycles. The summed E-state index contributed by atoms with van der Waals surface area (Å²) in [5.74, 6) is 0.171. The summed E-state index contributed by atoms with van der Waals surface area (Å²) in [4.78, 5) is 0. The smallest absolute Gasteiger partial charge is 0.488 e. The van der Waals surface area contributed by atoms with E-state index in [1.54, 1.807) is 6.07 Å². The topological polar surface area (TPSA) is 18.5 Å². The molecule has 0 amide bonds. The van der Waals surface area contributed by atoms with Crippen molar-refractivity contribution in [2.24, 2.45) is 0 Å². The Morgan fingerprint density at radius 2 is 1.95 bits per heavy atom. The third-order valence-corrected chi connectivity index (χ3v) is 2.56. The van der Waals surface area contributed by atoms with Gasteiger partial charge in [0.15, 0.2) is 0 Å². The Hall–Kier alpha value is -1.65. The number of halogens is 3. The second-order valence-electron chi connectivity index (χ2n) is 4.09. The third-order valence-electron chi connectivity index (χ3n) is 2.56. The first kappa shape index (κ1) is 16.4. The highest BCUT2D eigenvalue weighted by Gasteiger charge is 2.31. The summed E-state index contributed by atoms with van der Waals surface area (Å²) in [6, 6.07) is 4.13. The first-order valence-corrected chi connectivity index (χ1v) is 6.70. The summed E-state index contributed by atoms with van der Waals surface area (Å²) in [5, 5.41) is 0. The van der Waals surface area contributed by atoms with Crippen LogP contribution in [-0.2, 0) is 0 Å². The second kappa shape index (κ2) is 7.22. The van der Waals surface area contributed by atoms with Crippen molar-refractivity contribution in [1.29, 1.82) is 0 Å². The molecule has 5 heteroatoms. The number of rotatable bonds is 3. The molecule has 20 heavy (non-hydrogen) atoms. The summed E-state index contributed by atoms with van der Waals surface area (Å²) in [7, 11) is 0. The molecule has 0 aromatic heterocycles. The van der Waals surface area contributed by atoms with Crippen molar-refractivity contribution in [2.75, 3.05) is 6.61 Å². The van der Waals surface area contributed by atoms with Gasteiger partial charge < -0.3 is 9.47 Å². The molecule has 112 valence electrons. The predicted molar refractivity (Wildman–Crippen MR) is 72.9 cm³/mol. The van der Waals surface area contributed by atoms with Gasteiger partial charge in [0.25, 0.3) is 0 Å². The van der Waals surface area contributed by atoms with E-state index >= 15 is 0 Å². The standard InChI is InChI=1S/C13H13F3O2.C2H6/c1-2-3-9-6-10-4-5-11(18-13(14,15)16)7-12(10)17-8-9;1-2/h4-7H,2-3,8H2,1H3;1-2H3. The summed E-state index contributed by atoms with van der Waals surface area (Å²) in [5.41, 5.74) is 1.94.